The molecule has 0 saturated carbocycles. The van der Waals surface area contributed by atoms with Crippen molar-refractivity contribution in [3.05, 3.63) is 176 Å². The molecule has 0 amide bonds. The van der Waals surface area contributed by atoms with Gasteiger partial charge in [-0.15, -0.1) is 22.7 Å². The smallest absolute Gasteiger partial charge is 0.164 e. The summed E-state index contributed by atoms with van der Waals surface area (Å²) in [6.45, 7) is 0. The lowest BCUT2D eigenvalue weighted by Gasteiger charge is -2.14. The molecular weight excluding hydrogens is 695 g/mol. The van der Waals surface area contributed by atoms with E-state index in [9.17, 15) is 0 Å². The minimum Gasteiger partial charge on any atom is -0.208 e. The molecule has 0 bridgehead atoms. The fourth-order valence-corrected chi connectivity index (χ4v) is 10.2. The Kier molecular flexibility index (Phi) is 7.22. The molecular formula is C49H29N3S2. The molecule has 0 spiro atoms. The molecule has 0 radical (unpaired) electrons. The first kappa shape index (κ1) is 31.0. The average Bonchev–Trinajstić information content (AvgIpc) is 3.82. The predicted octanol–water partition coefficient (Wildman–Crippen LogP) is 14.1. The molecule has 54 heavy (non-hydrogen) atoms. The van der Waals surface area contributed by atoms with Crippen LogP contribution in [0.25, 0.3) is 108 Å². The molecule has 3 nitrogen and oxygen atoms in total. The van der Waals surface area contributed by atoms with Gasteiger partial charge in [0.05, 0.1) is 0 Å². The van der Waals surface area contributed by atoms with Crippen LogP contribution in [0.5, 0.6) is 0 Å². The zero-order valence-electron chi connectivity index (χ0n) is 28.9. The van der Waals surface area contributed by atoms with Crippen molar-refractivity contribution in [1.29, 1.82) is 0 Å². The second-order valence-electron chi connectivity index (χ2n) is 13.5. The lowest BCUT2D eigenvalue weighted by atomic mass is 9.93. The van der Waals surface area contributed by atoms with Crippen molar-refractivity contribution in [1.82, 2.24) is 15.0 Å². The van der Waals surface area contributed by atoms with Crippen molar-refractivity contribution in [3.63, 3.8) is 0 Å². The summed E-state index contributed by atoms with van der Waals surface area (Å²) < 4.78 is 5.09. The number of benzene rings is 8. The monoisotopic (exact) mass is 723 g/mol. The third-order valence-electron chi connectivity index (χ3n) is 10.4. The van der Waals surface area contributed by atoms with E-state index in [0.29, 0.717) is 17.5 Å². The maximum Gasteiger partial charge on any atom is 0.164 e. The van der Waals surface area contributed by atoms with Gasteiger partial charge in [0.2, 0.25) is 0 Å². The van der Waals surface area contributed by atoms with E-state index in [1.807, 2.05) is 17.4 Å². The second kappa shape index (κ2) is 12.6. The van der Waals surface area contributed by atoms with E-state index in [0.717, 1.165) is 33.2 Å². The van der Waals surface area contributed by atoms with E-state index in [4.69, 9.17) is 15.0 Å². The van der Waals surface area contributed by atoms with Crippen LogP contribution in [-0.2, 0) is 0 Å². The summed E-state index contributed by atoms with van der Waals surface area (Å²) in [5.74, 6) is 1.95. The Balaban J connectivity index is 1.14. The maximum absolute atomic E-state index is 5.30. The van der Waals surface area contributed by atoms with Gasteiger partial charge < -0.3 is 0 Å². The molecule has 5 heteroatoms. The normalized spacial score (nSPS) is 11.7. The lowest BCUT2D eigenvalue weighted by molar-refractivity contribution is 1.08. The van der Waals surface area contributed by atoms with Gasteiger partial charge in [0.1, 0.15) is 0 Å². The Morgan fingerprint density at radius 2 is 0.815 bits per heavy atom. The van der Waals surface area contributed by atoms with Crippen molar-refractivity contribution in [3.8, 4) is 56.4 Å². The average molecular weight is 724 g/mol. The van der Waals surface area contributed by atoms with Gasteiger partial charge >= 0.3 is 0 Å². The quantitative estimate of drug-likeness (QED) is 0.177. The highest BCUT2D eigenvalue weighted by molar-refractivity contribution is 7.26. The number of thiophene rings is 2. The molecule has 252 valence electrons. The van der Waals surface area contributed by atoms with Gasteiger partial charge in [0, 0.05) is 62.6 Å². The number of rotatable bonds is 5. The predicted molar refractivity (Wildman–Crippen MR) is 230 cm³/mol. The topological polar surface area (TPSA) is 38.7 Å². The van der Waals surface area contributed by atoms with E-state index in [1.165, 1.54) is 56.9 Å². The van der Waals surface area contributed by atoms with Crippen LogP contribution in [0.2, 0.25) is 0 Å². The minimum atomic E-state index is 0.647. The van der Waals surface area contributed by atoms with Gasteiger partial charge in [0.25, 0.3) is 0 Å². The van der Waals surface area contributed by atoms with Crippen LogP contribution < -0.4 is 0 Å². The van der Waals surface area contributed by atoms with Crippen LogP contribution in [0.4, 0.5) is 0 Å². The molecule has 0 fully saturated rings. The van der Waals surface area contributed by atoms with Crippen LogP contribution >= 0.6 is 22.7 Å². The first-order valence-corrected chi connectivity index (χ1v) is 19.7. The van der Waals surface area contributed by atoms with E-state index < -0.39 is 0 Å². The third kappa shape index (κ3) is 5.05. The Morgan fingerprint density at radius 3 is 1.61 bits per heavy atom. The second-order valence-corrected chi connectivity index (χ2v) is 15.6. The van der Waals surface area contributed by atoms with E-state index in [1.54, 1.807) is 11.3 Å². The maximum atomic E-state index is 5.30. The highest BCUT2D eigenvalue weighted by Crippen LogP contribution is 2.44. The number of hydrogen-bond acceptors (Lipinski definition) is 5. The molecule has 11 aromatic rings. The SMILES string of the molecule is c1ccc(-c2ccccc2-c2nc(-c3ccc4c(c3)sc3ccccc34)nc(-c3ccc(-c4cccc5c4sc4ccccc45)c4ccccc34)n2)cc1. The summed E-state index contributed by atoms with van der Waals surface area (Å²) in [5, 5.41) is 7.39. The highest BCUT2D eigenvalue weighted by Gasteiger charge is 2.20. The van der Waals surface area contributed by atoms with Crippen LogP contribution in [-0.4, -0.2) is 15.0 Å². The van der Waals surface area contributed by atoms with Crippen LogP contribution in [0.15, 0.2) is 176 Å². The van der Waals surface area contributed by atoms with Gasteiger partial charge in [0.15, 0.2) is 17.5 Å². The van der Waals surface area contributed by atoms with Crippen LogP contribution in [0.3, 0.4) is 0 Å². The largest absolute Gasteiger partial charge is 0.208 e. The Morgan fingerprint density at radius 1 is 0.278 bits per heavy atom. The summed E-state index contributed by atoms with van der Waals surface area (Å²) >= 11 is 3.66. The fraction of sp³-hybridized carbons (Fsp3) is 0. The van der Waals surface area contributed by atoms with E-state index >= 15 is 0 Å². The highest BCUT2D eigenvalue weighted by atomic mass is 32.1. The first-order chi connectivity index (χ1) is 26.8. The summed E-state index contributed by atoms with van der Waals surface area (Å²) in [6, 6.07) is 62.6. The first-order valence-electron chi connectivity index (χ1n) is 18.0. The molecule has 0 aliphatic carbocycles. The Bertz CT molecular complexity index is 3230. The molecule has 0 atom stereocenters. The van der Waals surface area contributed by atoms with Crippen molar-refractivity contribution in [2.75, 3.05) is 0 Å². The third-order valence-corrected chi connectivity index (χ3v) is 12.7. The zero-order chi connectivity index (χ0) is 35.6. The summed E-state index contributed by atoms with van der Waals surface area (Å²) in [5.41, 5.74) is 7.55. The van der Waals surface area contributed by atoms with Crippen molar-refractivity contribution in [2.24, 2.45) is 0 Å². The van der Waals surface area contributed by atoms with Crippen molar-refractivity contribution in [2.45, 2.75) is 0 Å². The van der Waals surface area contributed by atoms with Gasteiger partial charge in [-0.1, -0.05) is 152 Å². The molecule has 0 aliphatic rings. The summed E-state index contributed by atoms with van der Waals surface area (Å²) in [7, 11) is 0. The summed E-state index contributed by atoms with van der Waals surface area (Å²) in [4.78, 5) is 15.8. The molecule has 0 unspecified atom stereocenters. The van der Waals surface area contributed by atoms with Gasteiger partial charge in [-0.25, -0.2) is 15.0 Å². The molecule has 8 aromatic carbocycles. The Hall–Kier alpha value is -6.53. The van der Waals surface area contributed by atoms with Gasteiger partial charge in [-0.3, -0.25) is 0 Å². The number of fused-ring (bicyclic) bond motifs is 7. The lowest BCUT2D eigenvalue weighted by Crippen LogP contribution is -2.01. The molecule has 0 N–H and O–H groups in total. The van der Waals surface area contributed by atoms with Crippen LogP contribution in [0.1, 0.15) is 0 Å². The van der Waals surface area contributed by atoms with Crippen molar-refractivity contribution < 1.29 is 0 Å². The fourth-order valence-electron chi connectivity index (χ4n) is 7.85. The van der Waals surface area contributed by atoms with Gasteiger partial charge in [-0.05, 0) is 51.7 Å². The zero-order valence-corrected chi connectivity index (χ0v) is 30.5. The molecule has 3 heterocycles. The van der Waals surface area contributed by atoms with Gasteiger partial charge in [-0.2, -0.15) is 0 Å². The van der Waals surface area contributed by atoms with Crippen LogP contribution in [0, 0.1) is 0 Å². The number of aromatic nitrogens is 3. The molecule has 0 saturated heterocycles. The number of hydrogen-bond donors (Lipinski definition) is 0. The van der Waals surface area contributed by atoms with Crippen molar-refractivity contribution >= 4 is 73.8 Å². The van der Waals surface area contributed by atoms with E-state index in [2.05, 4.69) is 170 Å². The summed E-state index contributed by atoms with van der Waals surface area (Å²) in [6.07, 6.45) is 0. The van der Waals surface area contributed by atoms with E-state index in [-0.39, 0.29) is 0 Å². The molecule has 11 rings (SSSR count). The Labute approximate surface area is 319 Å². The minimum absolute atomic E-state index is 0.647. The standard InChI is InChI=1S/C49H29N3S2/c1-2-13-30(14-3-1)32-15-4-7-20-41(32)48-50-47(31-25-26-38-36-18-8-10-23-43(36)53-45(38)29-31)51-49(52-48)42-28-27-35(33-16-5-6-17-34(33)42)39-21-12-22-40-37-19-9-11-24-44(37)54-46(39)40/h1-29H. The molecule has 0 aliphatic heterocycles. The number of nitrogens with zero attached hydrogens (tertiary/aromatic N) is 3. The molecule has 3 aromatic heterocycles.